The standard InChI is InChI=1S/C22H30N2O4/c25-20(23-18-7-12-28-19-6-2-1-5-17(18)19)15-22(8-3-4-9-22)16-21(26)24-10-13-27-14-11-24/h1-2,5-6,18H,3-4,7-16H2,(H,23,25)/t18-/m1/s1. The Morgan fingerprint density at radius 3 is 2.61 bits per heavy atom. The van der Waals surface area contributed by atoms with Crippen molar-refractivity contribution in [2.75, 3.05) is 32.9 Å². The number of hydrogen-bond acceptors (Lipinski definition) is 4. The third-order valence-corrected chi connectivity index (χ3v) is 6.38. The third-order valence-electron chi connectivity index (χ3n) is 6.38. The molecular formula is C22H30N2O4. The highest BCUT2D eigenvalue weighted by molar-refractivity contribution is 5.81. The van der Waals surface area contributed by atoms with Crippen molar-refractivity contribution in [2.24, 2.45) is 5.41 Å². The van der Waals surface area contributed by atoms with Gasteiger partial charge in [0.25, 0.3) is 0 Å². The molecule has 4 rings (SSSR count). The van der Waals surface area contributed by atoms with Crippen LogP contribution in [0.15, 0.2) is 24.3 Å². The van der Waals surface area contributed by atoms with Gasteiger partial charge < -0.3 is 19.7 Å². The number of fused-ring (bicyclic) bond motifs is 1. The summed E-state index contributed by atoms with van der Waals surface area (Å²) in [7, 11) is 0. The topological polar surface area (TPSA) is 67.9 Å². The lowest BCUT2D eigenvalue weighted by atomic mass is 9.78. The lowest BCUT2D eigenvalue weighted by molar-refractivity contribution is -0.138. The molecule has 1 atom stereocenters. The highest BCUT2D eigenvalue weighted by Gasteiger charge is 2.39. The number of carbonyl (C=O) groups excluding carboxylic acids is 2. The molecule has 0 unspecified atom stereocenters. The van der Waals surface area contributed by atoms with Crippen LogP contribution >= 0.6 is 0 Å². The molecule has 6 heteroatoms. The van der Waals surface area contributed by atoms with Crippen LogP contribution in [0, 0.1) is 5.41 Å². The van der Waals surface area contributed by atoms with Crippen LogP contribution in [0.2, 0.25) is 0 Å². The molecule has 3 aliphatic rings. The molecule has 1 saturated heterocycles. The fourth-order valence-electron chi connectivity index (χ4n) is 4.86. The number of morpholine rings is 1. The van der Waals surface area contributed by atoms with Gasteiger partial charge in [0.1, 0.15) is 5.75 Å². The van der Waals surface area contributed by atoms with Crippen molar-refractivity contribution >= 4 is 11.8 Å². The van der Waals surface area contributed by atoms with Crippen LogP contribution in [0.3, 0.4) is 0 Å². The van der Waals surface area contributed by atoms with Crippen molar-refractivity contribution in [1.29, 1.82) is 0 Å². The summed E-state index contributed by atoms with van der Waals surface area (Å²) in [5.74, 6) is 1.09. The lowest BCUT2D eigenvalue weighted by Gasteiger charge is -2.34. The second kappa shape index (κ2) is 8.52. The maximum absolute atomic E-state index is 12.9. The molecule has 6 nitrogen and oxygen atoms in total. The van der Waals surface area contributed by atoms with Gasteiger partial charge in [-0.25, -0.2) is 0 Å². The first-order chi connectivity index (χ1) is 13.7. The molecule has 2 heterocycles. The van der Waals surface area contributed by atoms with Gasteiger partial charge in [0.05, 0.1) is 25.9 Å². The van der Waals surface area contributed by atoms with E-state index in [9.17, 15) is 9.59 Å². The van der Waals surface area contributed by atoms with Gasteiger partial charge in [-0.15, -0.1) is 0 Å². The largest absolute Gasteiger partial charge is 0.493 e. The second-order valence-electron chi connectivity index (χ2n) is 8.35. The second-order valence-corrected chi connectivity index (χ2v) is 8.35. The molecule has 152 valence electrons. The van der Waals surface area contributed by atoms with Gasteiger partial charge in [-0.2, -0.15) is 0 Å². The van der Waals surface area contributed by atoms with Crippen molar-refractivity contribution < 1.29 is 19.1 Å². The maximum atomic E-state index is 12.9. The van der Waals surface area contributed by atoms with Crippen LogP contribution in [0.4, 0.5) is 0 Å². The van der Waals surface area contributed by atoms with E-state index < -0.39 is 0 Å². The molecule has 1 aromatic rings. The molecule has 1 aromatic carbocycles. The van der Waals surface area contributed by atoms with E-state index in [-0.39, 0.29) is 23.3 Å². The van der Waals surface area contributed by atoms with Crippen LogP contribution in [0.5, 0.6) is 5.75 Å². The van der Waals surface area contributed by atoms with E-state index in [1.54, 1.807) is 0 Å². The SMILES string of the molecule is O=C(CC1(CC(=O)N2CCOCC2)CCCC1)N[C@@H]1CCOc2ccccc21. The molecule has 2 fully saturated rings. The zero-order valence-electron chi connectivity index (χ0n) is 16.5. The monoisotopic (exact) mass is 386 g/mol. The summed E-state index contributed by atoms with van der Waals surface area (Å²) in [5.41, 5.74) is 0.858. The highest BCUT2D eigenvalue weighted by Crippen LogP contribution is 2.45. The summed E-state index contributed by atoms with van der Waals surface area (Å²) < 4.78 is 11.1. The Morgan fingerprint density at radius 2 is 1.82 bits per heavy atom. The fraction of sp³-hybridized carbons (Fsp3) is 0.636. The summed E-state index contributed by atoms with van der Waals surface area (Å²) in [6.07, 6.45) is 5.81. The first kappa shape index (κ1) is 19.2. The Hall–Kier alpha value is -2.08. The Labute approximate surface area is 166 Å². The van der Waals surface area contributed by atoms with Gasteiger partial charge in [-0.1, -0.05) is 31.0 Å². The van der Waals surface area contributed by atoms with Crippen molar-refractivity contribution in [2.45, 2.75) is 51.0 Å². The number of nitrogens with one attached hydrogen (secondary N) is 1. The minimum absolute atomic E-state index is 0.00847. The van der Waals surface area contributed by atoms with Crippen molar-refractivity contribution in [3.05, 3.63) is 29.8 Å². The van der Waals surface area contributed by atoms with Crippen LogP contribution in [0.1, 0.15) is 56.6 Å². The summed E-state index contributed by atoms with van der Waals surface area (Å²) in [6.45, 7) is 3.17. The summed E-state index contributed by atoms with van der Waals surface area (Å²) in [5, 5.41) is 3.22. The van der Waals surface area contributed by atoms with Gasteiger partial charge in [0.15, 0.2) is 0 Å². The predicted molar refractivity (Wildman–Crippen MR) is 105 cm³/mol. The van der Waals surface area contributed by atoms with Gasteiger partial charge >= 0.3 is 0 Å². The highest BCUT2D eigenvalue weighted by atomic mass is 16.5. The van der Waals surface area contributed by atoms with E-state index in [0.717, 1.165) is 43.4 Å². The van der Waals surface area contributed by atoms with Crippen molar-refractivity contribution in [1.82, 2.24) is 10.2 Å². The van der Waals surface area contributed by atoms with E-state index >= 15 is 0 Å². The molecular weight excluding hydrogens is 356 g/mol. The molecule has 0 aromatic heterocycles. The molecule has 1 N–H and O–H groups in total. The molecule has 0 bridgehead atoms. The summed E-state index contributed by atoms with van der Waals surface area (Å²) >= 11 is 0. The Bertz CT molecular complexity index is 708. The lowest BCUT2D eigenvalue weighted by Crippen LogP contribution is -2.43. The number of ether oxygens (including phenoxy) is 2. The number of carbonyl (C=O) groups is 2. The maximum Gasteiger partial charge on any atom is 0.223 e. The number of hydrogen-bond donors (Lipinski definition) is 1. The van der Waals surface area contributed by atoms with Crippen LogP contribution < -0.4 is 10.1 Å². The van der Waals surface area contributed by atoms with Gasteiger partial charge in [-0.05, 0) is 24.3 Å². The normalized spacial score (nSPS) is 23.6. The summed E-state index contributed by atoms with van der Waals surface area (Å²) in [4.78, 5) is 27.7. The molecule has 1 aliphatic carbocycles. The van der Waals surface area contributed by atoms with E-state index in [4.69, 9.17) is 9.47 Å². The molecule has 28 heavy (non-hydrogen) atoms. The van der Waals surface area contributed by atoms with Gasteiger partial charge in [0, 0.05) is 37.9 Å². The van der Waals surface area contributed by atoms with E-state index in [0.29, 0.717) is 45.8 Å². The molecule has 0 radical (unpaired) electrons. The number of para-hydroxylation sites is 1. The van der Waals surface area contributed by atoms with E-state index in [2.05, 4.69) is 5.32 Å². The quantitative estimate of drug-likeness (QED) is 0.845. The fourth-order valence-corrected chi connectivity index (χ4v) is 4.86. The van der Waals surface area contributed by atoms with Crippen molar-refractivity contribution in [3.8, 4) is 5.75 Å². The third kappa shape index (κ3) is 4.32. The number of benzene rings is 1. The number of amides is 2. The molecule has 2 aliphatic heterocycles. The molecule has 2 amide bonds. The average molecular weight is 386 g/mol. The smallest absolute Gasteiger partial charge is 0.223 e. The average Bonchev–Trinajstić information content (AvgIpc) is 3.16. The zero-order chi connectivity index (χ0) is 19.4. The van der Waals surface area contributed by atoms with Gasteiger partial charge in [-0.3, -0.25) is 9.59 Å². The van der Waals surface area contributed by atoms with Crippen LogP contribution in [-0.4, -0.2) is 49.6 Å². The first-order valence-corrected chi connectivity index (χ1v) is 10.5. The van der Waals surface area contributed by atoms with E-state index in [1.807, 2.05) is 29.2 Å². The minimum atomic E-state index is -0.190. The number of rotatable bonds is 5. The summed E-state index contributed by atoms with van der Waals surface area (Å²) in [6, 6.07) is 7.89. The van der Waals surface area contributed by atoms with Crippen LogP contribution in [0.25, 0.3) is 0 Å². The number of nitrogens with zero attached hydrogens (tertiary/aromatic N) is 1. The minimum Gasteiger partial charge on any atom is -0.493 e. The molecule has 1 saturated carbocycles. The molecule has 0 spiro atoms. The Morgan fingerprint density at radius 1 is 1.07 bits per heavy atom. The Kier molecular flexibility index (Phi) is 5.85. The zero-order valence-corrected chi connectivity index (χ0v) is 16.5. The van der Waals surface area contributed by atoms with Gasteiger partial charge in [0.2, 0.25) is 11.8 Å². The van der Waals surface area contributed by atoms with Crippen molar-refractivity contribution in [3.63, 3.8) is 0 Å². The predicted octanol–water partition coefficient (Wildman–Crippen LogP) is 2.83. The first-order valence-electron chi connectivity index (χ1n) is 10.5. The van der Waals surface area contributed by atoms with Crippen LogP contribution in [-0.2, 0) is 14.3 Å². The van der Waals surface area contributed by atoms with E-state index in [1.165, 1.54) is 0 Å². The Balaban J connectivity index is 1.39.